The molecule has 0 aliphatic heterocycles. The van der Waals surface area contributed by atoms with E-state index in [1.807, 2.05) is 0 Å². The van der Waals surface area contributed by atoms with Crippen LogP contribution >= 0.6 is 0 Å². The van der Waals surface area contributed by atoms with Gasteiger partial charge in [-0.25, -0.2) is 9.18 Å². The molecule has 0 aliphatic rings. The normalized spacial score (nSPS) is 11.4. The van der Waals surface area contributed by atoms with Gasteiger partial charge in [-0.05, 0) is 26.8 Å². The monoisotopic (exact) mass is 311 g/mol. The lowest BCUT2D eigenvalue weighted by Gasteiger charge is -2.19. The van der Waals surface area contributed by atoms with E-state index >= 15 is 0 Å². The highest BCUT2D eigenvalue weighted by Gasteiger charge is 2.15. The van der Waals surface area contributed by atoms with Crippen molar-refractivity contribution in [1.29, 1.82) is 0 Å². The number of halogens is 1. The summed E-state index contributed by atoms with van der Waals surface area (Å²) >= 11 is 0. The van der Waals surface area contributed by atoms with E-state index < -0.39 is 17.5 Å². The maximum absolute atomic E-state index is 13.9. The quantitative estimate of drug-likeness (QED) is 0.905. The second-order valence-electron chi connectivity index (χ2n) is 5.51. The van der Waals surface area contributed by atoms with Crippen LogP contribution in [0, 0.1) is 5.82 Å². The van der Waals surface area contributed by atoms with Crippen LogP contribution in [0.3, 0.4) is 0 Å². The highest BCUT2D eigenvalue weighted by molar-refractivity contribution is 5.68. The molecular formula is C16H22FNO4. The molecule has 0 fully saturated rings. The third-order valence-corrected chi connectivity index (χ3v) is 2.56. The Morgan fingerprint density at radius 1 is 1.23 bits per heavy atom. The summed E-state index contributed by atoms with van der Waals surface area (Å²) in [5.74, 6) is 0.318. The molecule has 0 spiro atoms. The second-order valence-corrected chi connectivity index (χ2v) is 5.51. The van der Waals surface area contributed by atoms with Gasteiger partial charge in [-0.15, -0.1) is 0 Å². The molecular weight excluding hydrogens is 289 g/mol. The van der Waals surface area contributed by atoms with Gasteiger partial charge < -0.3 is 19.5 Å². The maximum Gasteiger partial charge on any atom is 0.407 e. The van der Waals surface area contributed by atoms with Gasteiger partial charge in [-0.3, -0.25) is 0 Å². The molecule has 0 aromatic heterocycles. The predicted octanol–water partition coefficient (Wildman–Crippen LogP) is 3.38. The lowest BCUT2D eigenvalue weighted by molar-refractivity contribution is 0.0534. The SMILES string of the molecule is COc1cc(F)c(C=CCNC(=O)OC(C)(C)C)cc1OC. The first-order valence-corrected chi connectivity index (χ1v) is 6.81. The van der Waals surface area contributed by atoms with Crippen LogP contribution in [0.15, 0.2) is 18.2 Å². The van der Waals surface area contributed by atoms with E-state index in [0.29, 0.717) is 17.1 Å². The fraction of sp³-hybridized carbons (Fsp3) is 0.438. The molecule has 1 aromatic rings. The van der Waals surface area contributed by atoms with Crippen molar-refractivity contribution in [1.82, 2.24) is 5.32 Å². The third-order valence-electron chi connectivity index (χ3n) is 2.56. The highest BCUT2D eigenvalue weighted by Crippen LogP contribution is 2.30. The Morgan fingerprint density at radius 2 is 1.82 bits per heavy atom. The van der Waals surface area contributed by atoms with Crippen molar-refractivity contribution >= 4 is 12.2 Å². The van der Waals surface area contributed by atoms with Crippen molar-refractivity contribution in [3.63, 3.8) is 0 Å². The van der Waals surface area contributed by atoms with E-state index in [1.54, 1.807) is 32.9 Å². The van der Waals surface area contributed by atoms with Crippen LogP contribution in [0.25, 0.3) is 6.08 Å². The van der Waals surface area contributed by atoms with E-state index in [-0.39, 0.29) is 6.54 Å². The molecule has 0 unspecified atom stereocenters. The maximum atomic E-state index is 13.9. The van der Waals surface area contributed by atoms with E-state index in [9.17, 15) is 9.18 Å². The predicted molar refractivity (Wildman–Crippen MR) is 82.8 cm³/mol. The van der Waals surface area contributed by atoms with E-state index in [2.05, 4.69) is 5.32 Å². The Balaban J connectivity index is 2.65. The number of alkyl carbamates (subject to hydrolysis) is 1. The van der Waals surface area contributed by atoms with Gasteiger partial charge in [0.2, 0.25) is 0 Å². The Morgan fingerprint density at radius 3 is 2.36 bits per heavy atom. The van der Waals surface area contributed by atoms with Crippen LogP contribution in [0.2, 0.25) is 0 Å². The fourth-order valence-electron chi connectivity index (χ4n) is 1.64. The Labute approximate surface area is 130 Å². The summed E-state index contributed by atoms with van der Waals surface area (Å²) in [5.41, 5.74) is -0.216. The molecule has 0 saturated carbocycles. The van der Waals surface area contributed by atoms with Crippen LogP contribution in [-0.2, 0) is 4.74 Å². The zero-order chi connectivity index (χ0) is 16.8. The molecule has 5 nitrogen and oxygen atoms in total. The standard InChI is InChI=1S/C16H22FNO4/c1-16(2,3)22-15(19)18-8-6-7-11-9-13(20-4)14(21-5)10-12(11)17/h6-7,9-10H,8H2,1-5H3,(H,18,19). The fourth-order valence-corrected chi connectivity index (χ4v) is 1.64. The van der Waals surface area contributed by atoms with Gasteiger partial charge in [0.05, 0.1) is 14.2 Å². The third kappa shape index (κ3) is 5.63. The molecule has 0 atom stereocenters. The molecule has 0 aliphatic carbocycles. The number of hydrogen-bond donors (Lipinski definition) is 1. The van der Waals surface area contributed by atoms with Gasteiger partial charge in [0.15, 0.2) is 11.5 Å². The van der Waals surface area contributed by atoms with Crippen molar-refractivity contribution in [3.8, 4) is 11.5 Å². The minimum Gasteiger partial charge on any atom is -0.493 e. The minimum atomic E-state index is -0.552. The number of methoxy groups -OCH3 is 2. The molecule has 1 amide bonds. The smallest absolute Gasteiger partial charge is 0.407 e. The largest absolute Gasteiger partial charge is 0.493 e. The molecule has 122 valence electrons. The molecule has 6 heteroatoms. The van der Waals surface area contributed by atoms with Crippen LogP contribution in [0.5, 0.6) is 11.5 Å². The lowest BCUT2D eigenvalue weighted by Crippen LogP contribution is -2.32. The summed E-state index contributed by atoms with van der Waals surface area (Å²) in [6.45, 7) is 5.56. The minimum absolute atomic E-state index is 0.225. The summed E-state index contributed by atoms with van der Waals surface area (Å²) in [5, 5.41) is 2.55. The summed E-state index contributed by atoms with van der Waals surface area (Å²) < 4.78 is 29.1. The van der Waals surface area contributed by atoms with E-state index in [0.717, 1.165) is 0 Å². The van der Waals surface area contributed by atoms with Gasteiger partial charge in [0.25, 0.3) is 0 Å². The molecule has 0 heterocycles. The first kappa shape index (κ1) is 17.8. The molecule has 22 heavy (non-hydrogen) atoms. The summed E-state index contributed by atoms with van der Waals surface area (Å²) in [6.07, 6.45) is 2.65. The number of ether oxygens (including phenoxy) is 3. The summed E-state index contributed by atoms with van der Waals surface area (Å²) in [7, 11) is 2.92. The number of amides is 1. The van der Waals surface area contributed by atoms with Crippen molar-refractivity contribution in [2.24, 2.45) is 0 Å². The molecule has 1 rings (SSSR count). The average molecular weight is 311 g/mol. The molecule has 0 saturated heterocycles. The zero-order valence-electron chi connectivity index (χ0n) is 13.5. The van der Waals surface area contributed by atoms with Crippen LogP contribution in [-0.4, -0.2) is 32.5 Å². The van der Waals surface area contributed by atoms with Crippen molar-refractivity contribution < 1.29 is 23.4 Å². The second kappa shape index (κ2) is 7.68. The molecule has 1 N–H and O–H groups in total. The average Bonchev–Trinajstić information content (AvgIpc) is 2.42. The van der Waals surface area contributed by atoms with Gasteiger partial charge in [-0.2, -0.15) is 0 Å². The number of rotatable bonds is 5. The van der Waals surface area contributed by atoms with Gasteiger partial charge in [-0.1, -0.05) is 12.2 Å². The Kier molecular flexibility index (Phi) is 6.22. The summed E-state index contributed by atoms with van der Waals surface area (Å²) in [6, 6.07) is 2.78. The number of nitrogens with one attached hydrogen (secondary N) is 1. The van der Waals surface area contributed by atoms with Crippen LogP contribution in [0.1, 0.15) is 26.3 Å². The Bertz CT molecular complexity index is 550. The Hall–Kier alpha value is -2.24. The van der Waals surface area contributed by atoms with E-state index in [1.165, 1.54) is 26.4 Å². The highest BCUT2D eigenvalue weighted by atomic mass is 19.1. The van der Waals surface area contributed by atoms with Crippen molar-refractivity contribution in [2.75, 3.05) is 20.8 Å². The zero-order valence-corrected chi connectivity index (χ0v) is 13.5. The molecule has 1 aromatic carbocycles. The van der Waals surface area contributed by atoms with Gasteiger partial charge in [0, 0.05) is 18.2 Å². The molecule has 0 radical (unpaired) electrons. The number of carbonyl (C=O) groups excluding carboxylic acids is 1. The van der Waals surface area contributed by atoms with E-state index in [4.69, 9.17) is 14.2 Å². The lowest BCUT2D eigenvalue weighted by atomic mass is 10.1. The number of carbonyl (C=O) groups is 1. The number of benzene rings is 1. The molecule has 0 bridgehead atoms. The van der Waals surface area contributed by atoms with Crippen molar-refractivity contribution in [2.45, 2.75) is 26.4 Å². The van der Waals surface area contributed by atoms with Crippen molar-refractivity contribution in [3.05, 3.63) is 29.6 Å². The topological polar surface area (TPSA) is 56.8 Å². The van der Waals surface area contributed by atoms with Gasteiger partial charge in [0.1, 0.15) is 11.4 Å². The van der Waals surface area contributed by atoms with Gasteiger partial charge >= 0.3 is 6.09 Å². The summed E-state index contributed by atoms with van der Waals surface area (Å²) in [4.78, 5) is 11.4. The van der Waals surface area contributed by atoms with Crippen LogP contribution in [0.4, 0.5) is 9.18 Å². The van der Waals surface area contributed by atoms with Crippen LogP contribution < -0.4 is 14.8 Å². The first-order valence-electron chi connectivity index (χ1n) is 6.81. The number of hydrogen-bond acceptors (Lipinski definition) is 4. The first-order chi connectivity index (χ1) is 10.3.